The standard InChI is InChI=1S/C18H24N4OS/c1-14-5-6-15(12-19-14)18(23)20-13-16(17-4-3-11-24-17)22-9-7-21(2)8-10-22/h3-6,11-12,16H,7-10,13H2,1-2H3,(H,20,23)/t16-/m1/s1. The van der Waals surface area contributed by atoms with Gasteiger partial charge < -0.3 is 10.2 Å². The molecule has 5 nitrogen and oxygen atoms in total. The van der Waals surface area contributed by atoms with E-state index in [1.54, 1.807) is 17.5 Å². The van der Waals surface area contributed by atoms with Gasteiger partial charge in [-0.25, -0.2) is 0 Å². The molecular formula is C18H24N4OS. The maximum absolute atomic E-state index is 12.4. The van der Waals surface area contributed by atoms with Crippen LogP contribution in [0.5, 0.6) is 0 Å². The molecule has 2 aromatic heterocycles. The van der Waals surface area contributed by atoms with Gasteiger partial charge in [0, 0.05) is 49.5 Å². The first-order chi connectivity index (χ1) is 11.6. The van der Waals surface area contributed by atoms with Gasteiger partial charge in [-0.1, -0.05) is 6.07 Å². The van der Waals surface area contributed by atoms with Crippen molar-refractivity contribution in [1.82, 2.24) is 20.1 Å². The maximum Gasteiger partial charge on any atom is 0.252 e. The van der Waals surface area contributed by atoms with Gasteiger partial charge in [0.15, 0.2) is 0 Å². The number of pyridine rings is 1. The quantitative estimate of drug-likeness (QED) is 0.903. The summed E-state index contributed by atoms with van der Waals surface area (Å²) in [7, 11) is 2.16. The van der Waals surface area contributed by atoms with Crippen LogP contribution in [-0.4, -0.2) is 60.5 Å². The summed E-state index contributed by atoms with van der Waals surface area (Å²) in [6.45, 7) is 6.73. The predicted molar refractivity (Wildman–Crippen MR) is 97.4 cm³/mol. The second kappa shape index (κ2) is 7.88. The number of hydrogen-bond donors (Lipinski definition) is 1. The van der Waals surface area contributed by atoms with Crippen LogP contribution in [-0.2, 0) is 0 Å². The Kier molecular flexibility index (Phi) is 5.60. The molecule has 128 valence electrons. The van der Waals surface area contributed by atoms with Crippen LogP contribution in [0.1, 0.15) is 27.0 Å². The zero-order valence-electron chi connectivity index (χ0n) is 14.2. The first-order valence-corrected chi connectivity index (χ1v) is 9.18. The number of nitrogens with zero attached hydrogens (tertiary/aromatic N) is 3. The Morgan fingerprint density at radius 2 is 2.08 bits per heavy atom. The summed E-state index contributed by atoms with van der Waals surface area (Å²) in [5.41, 5.74) is 1.53. The first kappa shape index (κ1) is 17.1. The van der Waals surface area contributed by atoms with Gasteiger partial charge in [-0.2, -0.15) is 0 Å². The van der Waals surface area contributed by atoms with Crippen molar-refractivity contribution in [1.29, 1.82) is 0 Å². The predicted octanol–water partition coefficient (Wildman–Crippen LogP) is 2.17. The van der Waals surface area contributed by atoms with E-state index < -0.39 is 0 Å². The number of aromatic nitrogens is 1. The second-order valence-electron chi connectivity index (χ2n) is 6.27. The third kappa shape index (κ3) is 4.20. The van der Waals surface area contributed by atoms with Crippen molar-refractivity contribution in [2.75, 3.05) is 39.8 Å². The molecule has 2 aromatic rings. The SMILES string of the molecule is Cc1ccc(C(=O)NC[C@H](c2cccs2)N2CCN(C)CC2)cn1. The number of piperazine rings is 1. The Hall–Kier alpha value is -1.76. The van der Waals surface area contributed by atoms with Crippen LogP contribution in [0.25, 0.3) is 0 Å². The largest absolute Gasteiger partial charge is 0.350 e. The van der Waals surface area contributed by atoms with Crippen molar-refractivity contribution in [3.63, 3.8) is 0 Å². The van der Waals surface area contributed by atoms with Gasteiger partial charge in [0.05, 0.1) is 11.6 Å². The van der Waals surface area contributed by atoms with E-state index in [1.165, 1.54) is 4.88 Å². The van der Waals surface area contributed by atoms with Crippen molar-refractivity contribution in [3.8, 4) is 0 Å². The monoisotopic (exact) mass is 344 g/mol. The summed E-state index contributed by atoms with van der Waals surface area (Å²) in [6.07, 6.45) is 1.64. The van der Waals surface area contributed by atoms with Crippen LogP contribution in [0.4, 0.5) is 0 Å². The average molecular weight is 344 g/mol. The lowest BCUT2D eigenvalue weighted by Gasteiger charge is -2.37. The Morgan fingerprint density at radius 1 is 1.29 bits per heavy atom. The van der Waals surface area contributed by atoms with Crippen molar-refractivity contribution in [2.45, 2.75) is 13.0 Å². The van der Waals surface area contributed by atoms with E-state index in [1.807, 2.05) is 19.1 Å². The van der Waals surface area contributed by atoms with E-state index in [9.17, 15) is 4.79 Å². The van der Waals surface area contributed by atoms with Crippen molar-refractivity contribution in [2.24, 2.45) is 0 Å². The molecule has 1 atom stereocenters. The summed E-state index contributed by atoms with van der Waals surface area (Å²) >= 11 is 1.76. The molecule has 0 aliphatic carbocycles. The minimum atomic E-state index is -0.0572. The molecule has 0 bridgehead atoms. The lowest BCUT2D eigenvalue weighted by Crippen LogP contribution is -2.48. The molecule has 6 heteroatoms. The molecule has 0 aromatic carbocycles. The van der Waals surface area contributed by atoms with Gasteiger partial charge in [0.2, 0.25) is 0 Å². The van der Waals surface area contributed by atoms with Crippen molar-refractivity contribution >= 4 is 17.2 Å². The highest BCUT2D eigenvalue weighted by atomic mass is 32.1. The highest BCUT2D eigenvalue weighted by molar-refractivity contribution is 7.10. The van der Waals surface area contributed by atoms with Crippen LogP contribution in [0.2, 0.25) is 0 Å². The molecule has 1 amide bonds. The minimum absolute atomic E-state index is 0.0572. The smallest absolute Gasteiger partial charge is 0.252 e. The lowest BCUT2D eigenvalue weighted by molar-refractivity contribution is 0.0890. The number of carbonyl (C=O) groups excluding carboxylic acids is 1. The van der Waals surface area contributed by atoms with Gasteiger partial charge >= 0.3 is 0 Å². The van der Waals surface area contributed by atoms with Gasteiger partial charge in [0.25, 0.3) is 5.91 Å². The Bertz CT molecular complexity index is 648. The molecule has 0 unspecified atom stereocenters. The molecule has 1 N–H and O–H groups in total. The summed E-state index contributed by atoms with van der Waals surface area (Å²) in [4.78, 5) is 22.7. The summed E-state index contributed by atoms with van der Waals surface area (Å²) < 4.78 is 0. The molecule has 1 fully saturated rings. The van der Waals surface area contributed by atoms with Gasteiger partial charge in [-0.3, -0.25) is 14.7 Å². The number of carbonyl (C=O) groups is 1. The fourth-order valence-electron chi connectivity index (χ4n) is 2.92. The second-order valence-corrected chi connectivity index (χ2v) is 7.25. The summed E-state index contributed by atoms with van der Waals surface area (Å²) in [5, 5.41) is 5.19. The lowest BCUT2D eigenvalue weighted by atomic mass is 10.1. The topological polar surface area (TPSA) is 48.5 Å². The van der Waals surface area contributed by atoms with Crippen molar-refractivity contribution in [3.05, 3.63) is 52.0 Å². The molecule has 1 aliphatic heterocycles. The number of amides is 1. The van der Waals surface area contributed by atoms with E-state index in [-0.39, 0.29) is 11.9 Å². The van der Waals surface area contributed by atoms with Crippen molar-refractivity contribution < 1.29 is 4.79 Å². The van der Waals surface area contributed by atoms with E-state index in [4.69, 9.17) is 0 Å². The van der Waals surface area contributed by atoms with Crippen LogP contribution < -0.4 is 5.32 Å². The fraction of sp³-hybridized carbons (Fsp3) is 0.444. The third-order valence-corrected chi connectivity index (χ3v) is 5.45. The summed E-state index contributed by atoms with van der Waals surface area (Å²) in [6, 6.07) is 8.17. The van der Waals surface area contributed by atoms with E-state index in [2.05, 4.69) is 44.7 Å². The number of rotatable bonds is 5. The van der Waals surface area contributed by atoms with Gasteiger partial charge in [0.1, 0.15) is 0 Å². The first-order valence-electron chi connectivity index (χ1n) is 8.30. The number of hydrogen-bond acceptors (Lipinski definition) is 5. The van der Waals surface area contributed by atoms with Crippen LogP contribution >= 0.6 is 11.3 Å². The number of thiophene rings is 1. The average Bonchev–Trinajstić information content (AvgIpc) is 3.11. The molecule has 3 heterocycles. The number of nitrogens with one attached hydrogen (secondary N) is 1. The van der Waals surface area contributed by atoms with Crippen LogP contribution in [0.3, 0.4) is 0 Å². The normalized spacial score (nSPS) is 17.6. The number of aryl methyl sites for hydroxylation is 1. The molecule has 1 aliphatic rings. The molecule has 0 radical (unpaired) electrons. The van der Waals surface area contributed by atoms with E-state index >= 15 is 0 Å². The molecule has 3 rings (SSSR count). The zero-order valence-corrected chi connectivity index (χ0v) is 15.1. The number of likely N-dealkylation sites (N-methyl/N-ethyl adjacent to an activating group) is 1. The third-order valence-electron chi connectivity index (χ3n) is 4.48. The van der Waals surface area contributed by atoms with E-state index in [0.717, 1.165) is 31.9 Å². The molecule has 24 heavy (non-hydrogen) atoms. The highest BCUT2D eigenvalue weighted by Gasteiger charge is 2.25. The maximum atomic E-state index is 12.4. The Balaban J connectivity index is 1.66. The molecule has 0 spiro atoms. The fourth-order valence-corrected chi connectivity index (χ4v) is 3.78. The Labute approximate surface area is 147 Å². The van der Waals surface area contributed by atoms with Crippen LogP contribution in [0.15, 0.2) is 35.8 Å². The molecule has 0 saturated carbocycles. The minimum Gasteiger partial charge on any atom is -0.350 e. The van der Waals surface area contributed by atoms with Gasteiger partial charge in [-0.05, 0) is 37.6 Å². The highest BCUT2D eigenvalue weighted by Crippen LogP contribution is 2.25. The molecule has 1 saturated heterocycles. The van der Waals surface area contributed by atoms with Gasteiger partial charge in [-0.15, -0.1) is 11.3 Å². The summed E-state index contributed by atoms with van der Waals surface area (Å²) in [5.74, 6) is -0.0572. The van der Waals surface area contributed by atoms with Crippen LogP contribution in [0, 0.1) is 6.92 Å². The zero-order chi connectivity index (χ0) is 16.9. The van der Waals surface area contributed by atoms with E-state index in [0.29, 0.717) is 12.1 Å². The molecular weight excluding hydrogens is 320 g/mol. The Morgan fingerprint density at radius 3 is 2.71 bits per heavy atom.